The Labute approximate surface area is 195 Å². The van der Waals surface area contributed by atoms with Crippen LogP contribution in [0.15, 0.2) is 18.2 Å². The summed E-state index contributed by atoms with van der Waals surface area (Å²) in [6.07, 6.45) is -5.89. The molecule has 0 spiro atoms. The lowest BCUT2D eigenvalue weighted by molar-refractivity contribution is -0.303. The molecule has 1 aliphatic heterocycles. The SMILES string of the molecule is CC(=O)c1c(C)cc2cc(C(=O)O)cc(OC3OC(C4(O)CCCC4)C(O)C(O)C3O)c2c1O. The number of aryl methyl sites for hydroxylation is 1. The highest BCUT2D eigenvalue weighted by molar-refractivity contribution is 6.08. The normalized spacial score (nSPS) is 28.7. The van der Waals surface area contributed by atoms with Crippen LogP contribution in [0.1, 0.15) is 58.9 Å². The minimum atomic E-state index is -1.75. The molecule has 2 aromatic rings. The average Bonchev–Trinajstić information content (AvgIpc) is 3.20. The number of carboxylic acid groups (broad SMARTS) is 1. The van der Waals surface area contributed by atoms with E-state index < -0.39 is 53.8 Å². The lowest BCUT2D eigenvalue weighted by Crippen LogP contribution is -2.65. The molecule has 6 N–H and O–H groups in total. The number of hydrogen-bond donors (Lipinski definition) is 6. The summed E-state index contributed by atoms with van der Waals surface area (Å²) < 4.78 is 11.5. The van der Waals surface area contributed by atoms with E-state index in [1.807, 2.05) is 0 Å². The lowest BCUT2D eigenvalue weighted by atomic mass is 9.85. The summed E-state index contributed by atoms with van der Waals surface area (Å²) >= 11 is 0. The second-order valence-electron chi connectivity index (χ2n) is 9.18. The average molecular weight is 476 g/mol. The van der Waals surface area contributed by atoms with Gasteiger partial charge in [0.15, 0.2) is 5.78 Å². The number of carboxylic acids is 1. The van der Waals surface area contributed by atoms with E-state index in [9.17, 15) is 40.2 Å². The molecule has 1 saturated heterocycles. The minimum Gasteiger partial charge on any atom is -0.506 e. The van der Waals surface area contributed by atoms with E-state index in [1.165, 1.54) is 19.1 Å². The van der Waals surface area contributed by atoms with Crippen molar-refractivity contribution in [3.8, 4) is 11.5 Å². The molecular weight excluding hydrogens is 448 g/mol. The Hall–Kier alpha value is -2.76. The summed E-state index contributed by atoms with van der Waals surface area (Å²) in [5.74, 6) is -2.33. The van der Waals surface area contributed by atoms with Crippen molar-refractivity contribution in [3.05, 3.63) is 34.9 Å². The van der Waals surface area contributed by atoms with E-state index in [0.29, 0.717) is 31.2 Å². The Bertz CT molecular complexity index is 1140. The quantitative estimate of drug-likeness (QED) is 0.345. The molecular formula is C24H28O10. The van der Waals surface area contributed by atoms with Gasteiger partial charge >= 0.3 is 5.97 Å². The predicted molar refractivity (Wildman–Crippen MR) is 118 cm³/mol. The van der Waals surface area contributed by atoms with E-state index in [2.05, 4.69) is 0 Å². The van der Waals surface area contributed by atoms with Crippen molar-refractivity contribution in [1.29, 1.82) is 0 Å². The van der Waals surface area contributed by atoms with Crippen LogP contribution in [-0.2, 0) is 4.74 Å². The number of benzene rings is 2. The van der Waals surface area contributed by atoms with Crippen LogP contribution < -0.4 is 4.74 Å². The third-order valence-electron chi connectivity index (χ3n) is 6.78. The number of ketones is 1. The first-order valence-electron chi connectivity index (χ1n) is 11.1. The van der Waals surface area contributed by atoms with Crippen molar-refractivity contribution >= 4 is 22.5 Å². The summed E-state index contributed by atoms with van der Waals surface area (Å²) in [4.78, 5) is 23.8. The van der Waals surface area contributed by atoms with Crippen LogP contribution in [-0.4, -0.2) is 78.7 Å². The Kier molecular flexibility index (Phi) is 6.30. The van der Waals surface area contributed by atoms with Crippen LogP contribution in [0.4, 0.5) is 0 Å². The predicted octanol–water partition coefficient (Wildman–Crippen LogP) is 1.25. The Morgan fingerprint density at radius 3 is 2.29 bits per heavy atom. The van der Waals surface area contributed by atoms with Gasteiger partial charge in [-0.1, -0.05) is 18.9 Å². The maximum atomic E-state index is 12.1. The molecule has 184 valence electrons. The van der Waals surface area contributed by atoms with Gasteiger partial charge < -0.3 is 40.1 Å². The van der Waals surface area contributed by atoms with Crippen LogP contribution in [0.3, 0.4) is 0 Å². The fraction of sp³-hybridized carbons (Fsp3) is 0.500. The second-order valence-corrected chi connectivity index (χ2v) is 9.18. The number of fused-ring (bicyclic) bond motifs is 1. The van der Waals surface area contributed by atoms with Crippen molar-refractivity contribution in [2.45, 2.75) is 75.8 Å². The zero-order valence-corrected chi connectivity index (χ0v) is 18.8. The van der Waals surface area contributed by atoms with Gasteiger partial charge in [-0.05, 0) is 49.8 Å². The lowest BCUT2D eigenvalue weighted by Gasteiger charge is -2.45. The molecule has 0 radical (unpaired) electrons. The van der Waals surface area contributed by atoms with E-state index >= 15 is 0 Å². The van der Waals surface area contributed by atoms with E-state index in [4.69, 9.17) is 9.47 Å². The third kappa shape index (κ3) is 4.01. The second kappa shape index (κ2) is 8.79. The minimum absolute atomic E-state index is 0.0216. The number of aliphatic hydroxyl groups excluding tert-OH is 3. The molecule has 10 nitrogen and oxygen atoms in total. The number of aromatic carboxylic acids is 1. The number of Topliss-reactive ketones (excluding diaryl/α,β-unsaturated/α-hetero) is 1. The first-order chi connectivity index (χ1) is 15.9. The van der Waals surface area contributed by atoms with Crippen molar-refractivity contribution < 1.29 is 49.7 Å². The summed E-state index contributed by atoms with van der Waals surface area (Å²) in [6.45, 7) is 2.88. The van der Waals surface area contributed by atoms with Gasteiger partial charge in [0, 0.05) is 0 Å². The van der Waals surface area contributed by atoms with Crippen LogP contribution in [0.2, 0.25) is 0 Å². The Morgan fingerprint density at radius 2 is 1.71 bits per heavy atom. The number of phenols is 1. The molecule has 2 aliphatic rings. The largest absolute Gasteiger partial charge is 0.506 e. The van der Waals surface area contributed by atoms with Gasteiger partial charge in [-0.3, -0.25) is 4.79 Å². The zero-order valence-electron chi connectivity index (χ0n) is 18.8. The molecule has 10 heteroatoms. The van der Waals surface area contributed by atoms with Crippen molar-refractivity contribution in [1.82, 2.24) is 0 Å². The Balaban J connectivity index is 1.81. The van der Waals surface area contributed by atoms with Crippen molar-refractivity contribution in [3.63, 3.8) is 0 Å². The number of carbonyl (C=O) groups excluding carboxylic acids is 1. The van der Waals surface area contributed by atoms with Crippen LogP contribution >= 0.6 is 0 Å². The van der Waals surface area contributed by atoms with Gasteiger partial charge in [0.05, 0.1) is 22.1 Å². The number of aliphatic hydroxyl groups is 4. The molecule has 1 aliphatic carbocycles. The molecule has 1 saturated carbocycles. The topological polar surface area (TPSA) is 174 Å². The molecule has 2 fully saturated rings. The first-order valence-corrected chi connectivity index (χ1v) is 11.1. The van der Waals surface area contributed by atoms with Gasteiger partial charge in [-0.2, -0.15) is 0 Å². The van der Waals surface area contributed by atoms with Gasteiger partial charge in [-0.25, -0.2) is 4.79 Å². The molecule has 4 rings (SSSR count). The smallest absolute Gasteiger partial charge is 0.335 e. The maximum absolute atomic E-state index is 12.1. The number of phenolic OH excluding ortho intramolecular Hbond substituents is 1. The number of aromatic hydroxyl groups is 1. The zero-order chi connectivity index (χ0) is 24.9. The summed E-state index contributed by atoms with van der Waals surface area (Å²) in [7, 11) is 0. The summed E-state index contributed by atoms with van der Waals surface area (Å²) in [5.41, 5.74) is -1.16. The number of rotatable bonds is 5. The fourth-order valence-electron chi connectivity index (χ4n) is 5.07. The van der Waals surface area contributed by atoms with Crippen LogP contribution in [0, 0.1) is 6.92 Å². The highest BCUT2D eigenvalue weighted by Crippen LogP contribution is 2.42. The molecule has 34 heavy (non-hydrogen) atoms. The molecule has 5 unspecified atom stereocenters. The molecule has 2 aromatic carbocycles. The van der Waals surface area contributed by atoms with E-state index in [0.717, 1.165) is 6.07 Å². The molecule has 5 atom stereocenters. The van der Waals surface area contributed by atoms with Crippen LogP contribution in [0.25, 0.3) is 10.8 Å². The maximum Gasteiger partial charge on any atom is 0.335 e. The summed E-state index contributed by atoms with van der Waals surface area (Å²) in [5, 5.41) is 63.1. The van der Waals surface area contributed by atoms with Gasteiger partial charge in [0.2, 0.25) is 6.29 Å². The first kappa shape index (κ1) is 24.4. The van der Waals surface area contributed by atoms with Crippen molar-refractivity contribution in [2.24, 2.45) is 0 Å². The number of hydrogen-bond acceptors (Lipinski definition) is 9. The number of ether oxygens (including phenoxy) is 2. The molecule has 0 amide bonds. The standard InChI is InChI=1S/C24H28O10/c1-10-7-12-8-13(22(30)31)9-14(16(12)17(26)15(10)11(2)25)33-23-20(29)18(27)19(28)21(34-23)24(32)5-3-4-6-24/h7-9,18-21,23,26-29,32H,3-6H2,1-2H3,(H,30,31). The Morgan fingerprint density at radius 1 is 1.06 bits per heavy atom. The molecule has 0 aromatic heterocycles. The summed E-state index contributed by atoms with van der Waals surface area (Å²) in [6, 6.07) is 3.95. The molecule has 1 heterocycles. The van der Waals surface area contributed by atoms with E-state index in [-0.39, 0.29) is 27.6 Å². The fourth-order valence-corrected chi connectivity index (χ4v) is 5.07. The van der Waals surface area contributed by atoms with Gasteiger partial charge in [-0.15, -0.1) is 0 Å². The number of carbonyl (C=O) groups is 2. The third-order valence-corrected chi connectivity index (χ3v) is 6.78. The molecule has 0 bridgehead atoms. The monoisotopic (exact) mass is 476 g/mol. The highest BCUT2D eigenvalue weighted by atomic mass is 16.7. The van der Waals surface area contributed by atoms with E-state index in [1.54, 1.807) is 6.92 Å². The van der Waals surface area contributed by atoms with Gasteiger partial charge in [0.25, 0.3) is 0 Å². The highest BCUT2D eigenvalue weighted by Gasteiger charge is 2.54. The van der Waals surface area contributed by atoms with Crippen molar-refractivity contribution in [2.75, 3.05) is 0 Å². The van der Waals surface area contributed by atoms with Gasteiger partial charge in [0.1, 0.15) is 35.9 Å². The van der Waals surface area contributed by atoms with Crippen LogP contribution in [0.5, 0.6) is 11.5 Å².